The maximum absolute atomic E-state index is 12.0. The Bertz CT molecular complexity index is 381. The zero-order valence-corrected chi connectivity index (χ0v) is 8.34. The molecule has 1 aliphatic rings. The summed E-state index contributed by atoms with van der Waals surface area (Å²) in [5, 5.41) is 3.04. The number of nitrogens with one attached hydrogen (secondary N) is 1. The van der Waals surface area contributed by atoms with E-state index in [1.54, 1.807) is 0 Å². The molecular formula is C9H10F3N3O. The summed E-state index contributed by atoms with van der Waals surface area (Å²) in [4.78, 5) is 7.73. The minimum absolute atomic E-state index is 0.0227. The van der Waals surface area contributed by atoms with Crippen LogP contribution in [-0.2, 0) is 13.0 Å². The second kappa shape index (κ2) is 4.25. The van der Waals surface area contributed by atoms with Crippen LogP contribution in [0.25, 0.3) is 0 Å². The molecule has 0 aromatic carbocycles. The summed E-state index contributed by atoms with van der Waals surface area (Å²) in [7, 11) is 0. The maximum atomic E-state index is 12.0. The fourth-order valence-corrected chi connectivity index (χ4v) is 1.52. The SMILES string of the molecule is FC(F)(F)COc1ncnc2c1CNCC2. The third kappa shape index (κ3) is 2.60. The molecule has 2 heterocycles. The normalized spacial score (nSPS) is 15.7. The molecule has 4 nitrogen and oxygen atoms in total. The van der Waals surface area contributed by atoms with E-state index in [4.69, 9.17) is 0 Å². The average molecular weight is 233 g/mol. The molecule has 0 saturated carbocycles. The lowest BCUT2D eigenvalue weighted by molar-refractivity contribution is -0.154. The highest BCUT2D eigenvalue weighted by Gasteiger charge is 2.29. The number of halogens is 3. The Morgan fingerprint density at radius 3 is 2.94 bits per heavy atom. The first-order valence-electron chi connectivity index (χ1n) is 4.79. The fraction of sp³-hybridized carbons (Fsp3) is 0.556. The monoisotopic (exact) mass is 233 g/mol. The zero-order chi connectivity index (χ0) is 11.6. The summed E-state index contributed by atoms with van der Waals surface area (Å²) >= 11 is 0. The Morgan fingerprint density at radius 2 is 2.19 bits per heavy atom. The molecule has 0 saturated heterocycles. The lowest BCUT2D eigenvalue weighted by Gasteiger charge is -2.18. The van der Waals surface area contributed by atoms with Gasteiger partial charge in [0.25, 0.3) is 0 Å². The first-order chi connectivity index (χ1) is 7.56. The number of fused-ring (bicyclic) bond motifs is 1. The highest BCUT2D eigenvalue weighted by atomic mass is 19.4. The van der Waals surface area contributed by atoms with Crippen molar-refractivity contribution in [3.63, 3.8) is 0 Å². The van der Waals surface area contributed by atoms with Crippen LogP contribution >= 0.6 is 0 Å². The summed E-state index contributed by atoms with van der Waals surface area (Å²) in [5.74, 6) is 0.0227. The van der Waals surface area contributed by atoms with Crippen molar-refractivity contribution in [3.05, 3.63) is 17.6 Å². The van der Waals surface area contributed by atoms with E-state index in [1.807, 2.05) is 0 Å². The lowest BCUT2D eigenvalue weighted by atomic mass is 10.1. The third-order valence-corrected chi connectivity index (χ3v) is 2.21. The van der Waals surface area contributed by atoms with Gasteiger partial charge < -0.3 is 10.1 Å². The van der Waals surface area contributed by atoms with E-state index in [9.17, 15) is 13.2 Å². The minimum atomic E-state index is -4.35. The number of nitrogens with zero attached hydrogens (tertiary/aromatic N) is 2. The van der Waals surface area contributed by atoms with Crippen LogP contribution in [0.3, 0.4) is 0 Å². The Balaban J connectivity index is 2.15. The third-order valence-electron chi connectivity index (χ3n) is 2.21. The van der Waals surface area contributed by atoms with Crippen molar-refractivity contribution < 1.29 is 17.9 Å². The summed E-state index contributed by atoms with van der Waals surface area (Å²) < 4.78 is 40.6. The molecule has 0 radical (unpaired) electrons. The highest BCUT2D eigenvalue weighted by molar-refractivity contribution is 5.31. The van der Waals surface area contributed by atoms with E-state index < -0.39 is 12.8 Å². The van der Waals surface area contributed by atoms with Crippen molar-refractivity contribution >= 4 is 0 Å². The van der Waals surface area contributed by atoms with Gasteiger partial charge in [-0.1, -0.05) is 0 Å². The van der Waals surface area contributed by atoms with Crippen LogP contribution in [-0.4, -0.2) is 29.3 Å². The Hall–Kier alpha value is -1.37. The van der Waals surface area contributed by atoms with Gasteiger partial charge in [0, 0.05) is 25.1 Å². The molecule has 0 spiro atoms. The van der Waals surface area contributed by atoms with E-state index in [0.717, 1.165) is 12.2 Å². The molecule has 0 unspecified atom stereocenters. The van der Waals surface area contributed by atoms with Crippen molar-refractivity contribution in [2.45, 2.75) is 19.1 Å². The molecule has 7 heteroatoms. The Labute approximate surface area is 89.8 Å². The predicted molar refractivity (Wildman–Crippen MR) is 49.0 cm³/mol. The Kier molecular flexibility index (Phi) is 2.95. The predicted octanol–water partition coefficient (Wildman–Crippen LogP) is 1.06. The van der Waals surface area contributed by atoms with Gasteiger partial charge in [0.05, 0.1) is 5.69 Å². The van der Waals surface area contributed by atoms with Crippen LogP contribution in [0.2, 0.25) is 0 Å². The molecule has 0 bridgehead atoms. The molecule has 1 aromatic rings. The molecular weight excluding hydrogens is 223 g/mol. The molecule has 88 valence electrons. The number of hydrogen-bond acceptors (Lipinski definition) is 4. The van der Waals surface area contributed by atoms with Crippen LogP contribution in [0.1, 0.15) is 11.3 Å². The molecule has 1 aromatic heterocycles. The minimum Gasteiger partial charge on any atom is -0.468 e. The number of rotatable bonds is 2. The quantitative estimate of drug-likeness (QED) is 0.829. The second-order valence-electron chi connectivity index (χ2n) is 3.43. The van der Waals surface area contributed by atoms with E-state index in [-0.39, 0.29) is 5.88 Å². The van der Waals surface area contributed by atoms with Crippen LogP contribution in [0.5, 0.6) is 5.88 Å². The summed E-state index contributed by atoms with van der Waals surface area (Å²) in [6.45, 7) is -0.109. The van der Waals surface area contributed by atoms with Crippen molar-refractivity contribution in [3.8, 4) is 5.88 Å². The lowest BCUT2D eigenvalue weighted by Crippen LogP contribution is -2.27. The van der Waals surface area contributed by atoms with E-state index in [2.05, 4.69) is 20.0 Å². The average Bonchev–Trinajstić information content (AvgIpc) is 2.25. The molecule has 16 heavy (non-hydrogen) atoms. The molecule has 1 aliphatic heterocycles. The van der Waals surface area contributed by atoms with Gasteiger partial charge in [-0.25, -0.2) is 9.97 Å². The molecule has 0 atom stereocenters. The van der Waals surface area contributed by atoms with Gasteiger partial charge in [0.2, 0.25) is 5.88 Å². The molecule has 0 amide bonds. The largest absolute Gasteiger partial charge is 0.468 e. The number of alkyl halides is 3. The van der Waals surface area contributed by atoms with Crippen molar-refractivity contribution in [1.29, 1.82) is 0 Å². The zero-order valence-electron chi connectivity index (χ0n) is 8.34. The van der Waals surface area contributed by atoms with E-state index >= 15 is 0 Å². The molecule has 2 rings (SSSR count). The first-order valence-corrected chi connectivity index (χ1v) is 4.79. The smallest absolute Gasteiger partial charge is 0.422 e. The molecule has 1 N–H and O–H groups in total. The summed E-state index contributed by atoms with van der Waals surface area (Å²) in [6, 6.07) is 0. The van der Waals surface area contributed by atoms with Crippen molar-refractivity contribution in [2.75, 3.05) is 13.2 Å². The van der Waals surface area contributed by atoms with Gasteiger partial charge in [-0.3, -0.25) is 0 Å². The topological polar surface area (TPSA) is 47.0 Å². The summed E-state index contributed by atoms with van der Waals surface area (Å²) in [5.41, 5.74) is 1.38. The Morgan fingerprint density at radius 1 is 1.38 bits per heavy atom. The maximum Gasteiger partial charge on any atom is 0.422 e. The fourth-order valence-electron chi connectivity index (χ4n) is 1.52. The molecule has 0 fully saturated rings. The van der Waals surface area contributed by atoms with E-state index in [0.29, 0.717) is 18.5 Å². The van der Waals surface area contributed by atoms with Crippen molar-refractivity contribution in [1.82, 2.24) is 15.3 Å². The second-order valence-corrected chi connectivity index (χ2v) is 3.43. The van der Waals surface area contributed by atoms with Crippen LogP contribution in [0.4, 0.5) is 13.2 Å². The number of hydrogen-bond donors (Lipinski definition) is 1. The standard InChI is InChI=1S/C9H10F3N3O/c10-9(11,12)4-16-8-6-3-13-2-1-7(6)14-5-15-8/h5,13H,1-4H2. The first kappa shape index (κ1) is 11.1. The molecule has 0 aliphatic carbocycles. The van der Waals surface area contributed by atoms with Gasteiger partial charge in [0.15, 0.2) is 6.61 Å². The van der Waals surface area contributed by atoms with Crippen LogP contribution in [0, 0.1) is 0 Å². The highest BCUT2D eigenvalue weighted by Crippen LogP contribution is 2.23. The van der Waals surface area contributed by atoms with Crippen LogP contribution < -0.4 is 10.1 Å². The van der Waals surface area contributed by atoms with Gasteiger partial charge >= 0.3 is 6.18 Å². The van der Waals surface area contributed by atoms with E-state index in [1.165, 1.54) is 6.33 Å². The van der Waals surface area contributed by atoms with Gasteiger partial charge in [-0.05, 0) is 0 Å². The number of aromatic nitrogens is 2. The van der Waals surface area contributed by atoms with Gasteiger partial charge in [-0.15, -0.1) is 0 Å². The van der Waals surface area contributed by atoms with Gasteiger partial charge in [0.1, 0.15) is 6.33 Å². The van der Waals surface area contributed by atoms with Gasteiger partial charge in [-0.2, -0.15) is 13.2 Å². The van der Waals surface area contributed by atoms with Crippen LogP contribution in [0.15, 0.2) is 6.33 Å². The number of ether oxygens (including phenoxy) is 1. The summed E-state index contributed by atoms with van der Waals surface area (Å²) in [6.07, 6.45) is -2.43. The van der Waals surface area contributed by atoms with Crippen molar-refractivity contribution in [2.24, 2.45) is 0 Å².